The average molecular weight is 325 g/mol. The van der Waals surface area contributed by atoms with Crippen molar-refractivity contribution < 1.29 is 4.79 Å². The molecule has 23 heavy (non-hydrogen) atoms. The molecule has 0 unspecified atom stereocenters. The summed E-state index contributed by atoms with van der Waals surface area (Å²) in [6.45, 7) is 0.841. The number of hydrogen-bond donors (Lipinski definition) is 1. The molecule has 0 fully saturated rings. The predicted molar refractivity (Wildman–Crippen MR) is 95.2 cm³/mol. The van der Waals surface area contributed by atoms with E-state index in [1.54, 1.807) is 11.8 Å². The maximum atomic E-state index is 12.3. The van der Waals surface area contributed by atoms with Crippen LogP contribution in [0.25, 0.3) is 11.0 Å². The van der Waals surface area contributed by atoms with Gasteiger partial charge in [0.2, 0.25) is 5.91 Å². The van der Waals surface area contributed by atoms with Crippen LogP contribution in [-0.2, 0) is 23.6 Å². The highest BCUT2D eigenvalue weighted by Gasteiger charge is 2.12. The molecule has 0 saturated carbocycles. The maximum Gasteiger partial charge on any atom is 0.240 e. The Labute approximate surface area is 139 Å². The number of amides is 1. The number of hydrogen-bond acceptors (Lipinski definition) is 3. The molecule has 5 heteroatoms. The van der Waals surface area contributed by atoms with Crippen LogP contribution in [-0.4, -0.2) is 21.7 Å². The van der Waals surface area contributed by atoms with E-state index in [9.17, 15) is 4.79 Å². The molecule has 118 valence electrons. The number of rotatable bonds is 6. The fraction of sp³-hybridized carbons (Fsp3) is 0.222. The van der Waals surface area contributed by atoms with Gasteiger partial charge in [-0.3, -0.25) is 4.79 Å². The number of para-hydroxylation sites is 2. The van der Waals surface area contributed by atoms with Crippen molar-refractivity contribution in [3.63, 3.8) is 0 Å². The van der Waals surface area contributed by atoms with Crippen molar-refractivity contribution in [2.24, 2.45) is 0 Å². The maximum absolute atomic E-state index is 12.3. The molecule has 1 heterocycles. The van der Waals surface area contributed by atoms with Gasteiger partial charge in [-0.2, -0.15) is 11.8 Å². The zero-order valence-electron chi connectivity index (χ0n) is 13.0. The van der Waals surface area contributed by atoms with E-state index >= 15 is 0 Å². The Morgan fingerprint density at radius 1 is 1.13 bits per heavy atom. The predicted octanol–water partition coefficient (Wildman–Crippen LogP) is 3.22. The van der Waals surface area contributed by atoms with E-state index in [1.165, 1.54) is 0 Å². The third-order valence-electron chi connectivity index (χ3n) is 3.64. The summed E-state index contributed by atoms with van der Waals surface area (Å²) in [4.78, 5) is 17.0. The van der Waals surface area contributed by atoms with E-state index in [0.717, 1.165) is 28.2 Å². The lowest BCUT2D eigenvalue weighted by Crippen LogP contribution is -2.27. The minimum atomic E-state index is -0.000593. The third kappa shape index (κ3) is 3.74. The normalized spacial score (nSPS) is 10.8. The number of carbonyl (C=O) groups excluding carboxylic acids is 1. The van der Waals surface area contributed by atoms with Gasteiger partial charge in [-0.25, -0.2) is 4.98 Å². The molecule has 4 nitrogen and oxygen atoms in total. The van der Waals surface area contributed by atoms with Crippen molar-refractivity contribution in [3.8, 4) is 0 Å². The second-order valence-corrected chi connectivity index (χ2v) is 6.16. The fourth-order valence-electron chi connectivity index (χ4n) is 2.54. The highest BCUT2D eigenvalue weighted by molar-refractivity contribution is 7.97. The topological polar surface area (TPSA) is 46.9 Å². The summed E-state index contributed by atoms with van der Waals surface area (Å²) in [5.41, 5.74) is 3.04. The Bertz CT molecular complexity index is 798. The Hall–Kier alpha value is -2.27. The van der Waals surface area contributed by atoms with Gasteiger partial charge in [-0.1, -0.05) is 42.5 Å². The zero-order valence-corrected chi connectivity index (χ0v) is 13.8. The first-order chi connectivity index (χ1) is 11.3. The van der Waals surface area contributed by atoms with Crippen LogP contribution >= 0.6 is 11.8 Å². The van der Waals surface area contributed by atoms with E-state index in [4.69, 9.17) is 0 Å². The number of nitrogens with one attached hydrogen (secondary N) is 1. The molecule has 0 saturated heterocycles. The molecular formula is C18H19N3OS. The molecule has 0 bridgehead atoms. The van der Waals surface area contributed by atoms with Crippen molar-refractivity contribution in [2.45, 2.75) is 18.8 Å². The number of fused-ring (bicyclic) bond motifs is 1. The molecule has 3 rings (SSSR count). The van der Waals surface area contributed by atoms with Crippen molar-refractivity contribution in [2.75, 3.05) is 6.26 Å². The minimum Gasteiger partial charge on any atom is -0.350 e. The van der Waals surface area contributed by atoms with E-state index in [2.05, 4.69) is 10.3 Å². The van der Waals surface area contributed by atoms with Crippen molar-refractivity contribution >= 4 is 28.7 Å². The van der Waals surface area contributed by atoms with Gasteiger partial charge >= 0.3 is 0 Å². The quantitative estimate of drug-likeness (QED) is 0.757. The van der Waals surface area contributed by atoms with Gasteiger partial charge in [0, 0.05) is 6.54 Å². The van der Waals surface area contributed by atoms with Crippen LogP contribution in [0.2, 0.25) is 0 Å². The SMILES string of the molecule is CSCc1nc2ccccc2n1CC(=O)NCc1ccccc1. The number of benzene rings is 2. The van der Waals surface area contributed by atoms with Gasteiger partial charge in [0.05, 0.1) is 16.8 Å². The molecule has 1 amide bonds. The average Bonchev–Trinajstić information content (AvgIpc) is 2.92. The number of imidazole rings is 1. The molecule has 0 aliphatic heterocycles. The molecule has 0 aliphatic carbocycles. The molecule has 1 N–H and O–H groups in total. The molecule has 0 aliphatic rings. The Balaban J connectivity index is 1.74. The van der Waals surface area contributed by atoms with Gasteiger partial charge in [-0.15, -0.1) is 0 Å². The lowest BCUT2D eigenvalue weighted by atomic mass is 10.2. The second kappa shape index (κ2) is 7.33. The van der Waals surface area contributed by atoms with Crippen LogP contribution in [0.1, 0.15) is 11.4 Å². The second-order valence-electron chi connectivity index (χ2n) is 5.30. The first-order valence-electron chi connectivity index (χ1n) is 7.51. The van der Waals surface area contributed by atoms with Crippen LogP contribution in [0, 0.1) is 0 Å². The lowest BCUT2D eigenvalue weighted by Gasteiger charge is -2.09. The molecule has 1 aromatic heterocycles. The van der Waals surface area contributed by atoms with Gasteiger partial charge in [0.1, 0.15) is 12.4 Å². The van der Waals surface area contributed by atoms with Crippen molar-refractivity contribution in [1.29, 1.82) is 0 Å². The van der Waals surface area contributed by atoms with Gasteiger partial charge in [0.25, 0.3) is 0 Å². The first-order valence-corrected chi connectivity index (χ1v) is 8.91. The molecule has 0 spiro atoms. The highest BCUT2D eigenvalue weighted by Crippen LogP contribution is 2.18. The summed E-state index contributed by atoms with van der Waals surface area (Å²) in [6, 6.07) is 17.9. The third-order valence-corrected chi connectivity index (χ3v) is 4.19. The summed E-state index contributed by atoms with van der Waals surface area (Å²) in [7, 11) is 0. The summed E-state index contributed by atoms with van der Waals surface area (Å²) in [5.74, 6) is 1.73. The van der Waals surface area contributed by atoms with E-state index in [0.29, 0.717) is 13.1 Å². The van der Waals surface area contributed by atoms with Crippen LogP contribution in [0.4, 0.5) is 0 Å². The monoisotopic (exact) mass is 325 g/mol. The zero-order chi connectivity index (χ0) is 16.1. The molecule has 0 radical (unpaired) electrons. The molecule has 3 aromatic rings. The minimum absolute atomic E-state index is 0.000593. The Kier molecular flexibility index (Phi) is 4.98. The first kappa shape index (κ1) is 15.6. The lowest BCUT2D eigenvalue weighted by molar-refractivity contribution is -0.121. The van der Waals surface area contributed by atoms with Gasteiger partial charge < -0.3 is 9.88 Å². The van der Waals surface area contributed by atoms with Crippen LogP contribution in [0.3, 0.4) is 0 Å². The summed E-state index contributed by atoms with van der Waals surface area (Å²) in [6.07, 6.45) is 2.04. The largest absolute Gasteiger partial charge is 0.350 e. The van der Waals surface area contributed by atoms with Gasteiger partial charge in [-0.05, 0) is 24.0 Å². The molecular weight excluding hydrogens is 306 g/mol. The smallest absolute Gasteiger partial charge is 0.240 e. The fourth-order valence-corrected chi connectivity index (χ4v) is 3.02. The van der Waals surface area contributed by atoms with Crippen LogP contribution in [0.5, 0.6) is 0 Å². The van der Waals surface area contributed by atoms with Crippen molar-refractivity contribution in [3.05, 3.63) is 66.0 Å². The Morgan fingerprint density at radius 3 is 2.65 bits per heavy atom. The number of nitrogens with zero attached hydrogens (tertiary/aromatic N) is 2. The van der Waals surface area contributed by atoms with E-state index < -0.39 is 0 Å². The van der Waals surface area contributed by atoms with E-state index in [-0.39, 0.29) is 5.91 Å². The molecule has 2 aromatic carbocycles. The van der Waals surface area contributed by atoms with Crippen LogP contribution < -0.4 is 5.32 Å². The summed E-state index contributed by atoms with van der Waals surface area (Å²) in [5, 5.41) is 2.98. The van der Waals surface area contributed by atoms with Crippen molar-refractivity contribution in [1.82, 2.24) is 14.9 Å². The Morgan fingerprint density at radius 2 is 1.87 bits per heavy atom. The highest BCUT2D eigenvalue weighted by atomic mass is 32.2. The number of thioether (sulfide) groups is 1. The summed E-state index contributed by atoms with van der Waals surface area (Å²) >= 11 is 1.71. The standard InChI is InChI=1S/C18H19N3OS/c1-23-13-17-20-15-9-5-6-10-16(15)21(17)12-18(22)19-11-14-7-3-2-4-8-14/h2-10H,11-13H2,1H3,(H,19,22). The number of aromatic nitrogens is 2. The summed E-state index contributed by atoms with van der Waals surface area (Å²) < 4.78 is 2.01. The number of carbonyl (C=O) groups is 1. The molecule has 0 atom stereocenters. The van der Waals surface area contributed by atoms with Crippen LogP contribution in [0.15, 0.2) is 54.6 Å². The van der Waals surface area contributed by atoms with E-state index in [1.807, 2.05) is 65.4 Å². The van der Waals surface area contributed by atoms with Gasteiger partial charge in [0.15, 0.2) is 0 Å².